The standard InChI is InChI=1S/C33H28N4O12/c1-17-25(32(44)48-15-34-28(38)21-10-3-5-12-23(21)30(40)41)27(19-8-7-9-20(14-19)37(46)47)26(18(2)36-17)33(45)49-16-35-29(39)22-11-4-6-13-24(22)31(42)43/h3-14,25,27H,15-16H2,1-2H3,(H,34,38)(H,35,39)(H,40,41)(H,42,43). The van der Waals surface area contributed by atoms with Crippen molar-refractivity contribution in [2.24, 2.45) is 10.9 Å². The van der Waals surface area contributed by atoms with Gasteiger partial charge in [-0.05, 0) is 43.7 Å². The molecule has 1 aliphatic heterocycles. The molecule has 49 heavy (non-hydrogen) atoms. The van der Waals surface area contributed by atoms with E-state index in [0.29, 0.717) is 0 Å². The molecule has 0 aromatic heterocycles. The summed E-state index contributed by atoms with van der Waals surface area (Å²) in [6.07, 6.45) is 0. The number of amides is 2. The quantitative estimate of drug-likeness (QED) is 0.0938. The van der Waals surface area contributed by atoms with Crippen LogP contribution in [0.15, 0.2) is 89.1 Å². The molecule has 0 bridgehead atoms. The highest BCUT2D eigenvalue weighted by atomic mass is 16.6. The number of aliphatic imine (C=N–C) groups is 1. The molecule has 0 saturated heterocycles. The third-order valence-corrected chi connectivity index (χ3v) is 7.43. The van der Waals surface area contributed by atoms with Crippen LogP contribution in [0.25, 0.3) is 0 Å². The number of non-ortho nitro benzene ring substituents is 1. The van der Waals surface area contributed by atoms with Gasteiger partial charge in [-0.2, -0.15) is 0 Å². The SMILES string of the molecule is CC1=NC(C)=C(C(=O)OCNC(=O)c2ccccc2C(=O)O)C(c2cccc([N+](=O)[O-])c2)C1C(=O)OCNC(=O)c1ccccc1C(=O)O. The third-order valence-electron chi connectivity index (χ3n) is 7.43. The molecule has 1 heterocycles. The molecule has 0 aliphatic carbocycles. The lowest BCUT2D eigenvalue weighted by Gasteiger charge is -2.31. The van der Waals surface area contributed by atoms with E-state index in [2.05, 4.69) is 15.6 Å². The van der Waals surface area contributed by atoms with Gasteiger partial charge in [0.05, 0.1) is 32.8 Å². The van der Waals surface area contributed by atoms with Crippen molar-refractivity contribution in [3.8, 4) is 0 Å². The number of allylic oxidation sites excluding steroid dienone is 1. The zero-order valence-corrected chi connectivity index (χ0v) is 25.9. The number of hydrogen-bond donors (Lipinski definition) is 4. The van der Waals surface area contributed by atoms with Gasteiger partial charge in [0.1, 0.15) is 5.92 Å². The largest absolute Gasteiger partial charge is 0.478 e. The van der Waals surface area contributed by atoms with E-state index >= 15 is 0 Å². The maximum atomic E-state index is 13.6. The second-order valence-corrected chi connectivity index (χ2v) is 10.5. The van der Waals surface area contributed by atoms with Crippen LogP contribution in [-0.4, -0.2) is 70.0 Å². The van der Waals surface area contributed by atoms with Crippen molar-refractivity contribution in [3.63, 3.8) is 0 Å². The van der Waals surface area contributed by atoms with E-state index in [1.165, 1.54) is 86.6 Å². The molecule has 2 amide bonds. The van der Waals surface area contributed by atoms with Crippen molar-refractivity contribution < 1.29 is 53.4 Å². The van der Waals surface area contributed by atoms with Crippen molar-refractivity contribution in [1.29, 1.82) is 0 Å². The Morgan fingerprint density at radius 1 is 0.776 bits per heavy atom. The van der Waals surface area contributed by atoms with E-state index in [0.717, 1.165) is 0 Å². The fraction of sp³-hybridized carbons (Fsp3) is 0.182. The number of ether oxygens (including phenoxy) is 2. The van der Waals surface area contributed by atoms with Gasteiger partial charge >= 0.3 is 23.9 Å². The molecule has 2 unspecified atom stereocenters. The minimum atomic E-state index is -1.35. The lowest BCUT2D eigenvalue weighted by molar-refractivity contribution is -0.384. The van der Waals surface area contributed by atoms with Crippen LogP contribution >= 0.6 is 0 Å². The number of aromatic carboxylic acids is 2. The van der Waals surface area contributed by atoms with E-state index in [4.69, 9.17) is 9.47 Å². The summed E-state index contributed by atoms with van der Waals surface area (Å²) >= 11 is 0. The first-order valence-corrected chi connectivity index (χ1v) is 14.4. The van der Waals surface area contributed by atoms with Gasteiger partial charge in [0, 0.05) is 29.5 Å². The molecule has 0 fully saturated rings. The molecule has 4 N–H and O–H groups in total. The molecule has 16 nitrogen and oxygen atoms in total. The molecular weight excluding hydrogens is 644 g/mol. The highest BCUT2D eigenvalue weighted by Gasteiger charge is 2.43. The van der Waals surface area contributed by atoms with Gasteiger partial charge in [-0.3, -0.25) is 29.5 Å². The summed E-state index contributed by atoms with van der Waals surface area (Å²) in [5.74, 6) is -9.02. The van der Waals surface area contributed by atoms with Gasteiger partial charge in [-0.1, -0.05) is 36.4 Å². The van der Waals surface area contributed by atoms with Crippen molar-refractivity contribution in [2.75, 3.05) is 13.5 Å². The molecule has 0 saturated carbocycles. The smallest absolute Gasteiger partial charge is 0.338 e. The molecule has 16 heteroatoms. The fourth-order valence-electron chi connectivity index (χ4n) is 5.23. The monoisotopic (exact) mass is 672 g/mol. The maximum Gasteiger partial charge on any atom is 0.338 e. The van der Waals surface area contributed by atoms with E-state index in [9.17, 15) is 49.1 Å². The van der Waals surface area contributed by atoms with Crippen LogP contribution in [0.2, 0.25) is 0 Å². The fourth-order valence-corrected chi connectivity index (χ4v) is 5.23. The van der Waals surface area contributed by atoms with E-state index in [-0.39, 0.29) is 50.5 Å². The maximum absolute atomic E-state index is 13.6. The summed E-state index contributed by atoms with van der Waals surface area (Å²) in [7, 11) is 0. The number of nitrogens with one attached hydrogen (secondary N) is 2. The molecule has 0 radical (unpaired) electrons. The predicted molar refractivity (Wildman–Crippen MR) is 169 cm³/mol. The minimum Gasteiger partial charge on any atom is -0.478 e. The van der Waals surface area contributed by atoms with Crippen molar-refractivity contribution >= 4 is 47.1 Å². The van der Waals surface area contributed by atoms with Gasteiger partial charge in [0.2, 0.25) is 0 Å². The van der Waals surface area contributed by atoms with E-state index in [1.807, 2.05) is 0 Å². The van der Waals surface area contributed by atoms with Crippen LogP contribution in [0.1, 0.15) is 66.8 Å². The molecule has 0 spiro atoms. The lowest BCUT2D eigenvalue weighted by Crippen LogP contribution is -2.39. The Morgan fingerprint density at radius 3 is 1.80 bits per heavy atom. The molecule has 252 valence electrons. The van der Waals surface area contributed by atoms with Crippen LogP contribution < -0.4 is 10.6 Å². The number of carboxylic acids is 2. The first kappa shape index (κ1) is 35.1. The van der Waals surface area contributed by atoms with Crippen molar-refractivity contribution in [3.05, 3.63) is 122 Å². The minimum absolute atomic E-state index is 0.101. The number of benzene rings is 3. The second kappa shape index (κ2) is 15.3. The topological polar surface area (TPSA) is 241 Å². The van der Waals surface area contributed by atoms with Crippen LogP contribution in [0.5, 0.6) is 0 Å². The second-order valence-electron chi connectivity index (χ2n) is 10.5. The van der Waals surface area contributed by atoms with Crippen LogP contribution in [0, 0.1) is 16.0 Å². The normalized spacial score (nSPS) is 15.3. The summed E-state index contributed by atoms with van der Waals surface area (Å²) in [5, 5.41) is 35.0. The Hall–Kier alpha value is -6.71. The third kappa shape index (κ3) is 7.99. The first-order valence-electron chi connectivity index (χ1n) is 14.4. The number of nitro groups is 1. The molecular formula is C33H28N4O12. The Balaban J connectivity index is 1.57. The van der Waals surface area contributed by atoms with Crippen LogP contribution in [0.3, 0.4) is 0 Å². The average molecular weight is 673 g/mol. The van der Waals surface area contributed by atoms with Gasteiger partial charge in [0.25, 0.3) is 17.5 Å². The summed E-state index contributed by atoms with van der Waals surface area (Å²) < 4.78 is 10.6. The predicted octanol–water partition coefficient (Wildman–Crippen LogP) is 3.30. The highest BCUT2D eigenvalue weighted by molar-refractivity contribution is 6.08. The van der Waals surface area contributed by atoms with Crippen LogP contribution in [0.4, 0.5) is 5.69 Å². The molecule has 2 atom stereocenters. The Bertz CT molecular complexity index is 1930. The van der Waals surface area contributed by atoms with E-state index in [1.54, 1.807) is 0 Å². The Morgan fingerprint density at radius 2 is 1.29 bits per heavy atom. The number of nitrogens with zero attached hydrogens (tertiary/aromatic N) is 2. The van der Waals surface area contributed by atoms with Crippen LogP contribution in [-0.2, 0) is 19.1 Å². The van der Waals surface area contributed by atoms with Gasteiger partial charge in [-0.15, -0.1) is 0 Å². The number of rotatable bonds is 12. The zero-order valence-electron chi connectivity index (χ0n) is 25.9. The number of carbonyl (C=O) groups is 6. The van der Waals surface area contributed by atoms with Crippen molar-refractivity contribution in [1.82, 2.24) is 10.6 Å². The lowest BCUT2D eigenvalue weighted by atomic mass is 9.75. The van der Waals surface area contributed by atoms with Crippen molar-refractivity contribution in [2.45, 2.75) is 19.8 Å². The molecule has 3 aromatic rings. The number of esters is 2. The van der Waals surface area contributed by atoms with Gasteiger partial charge < -0.3 is 30.3 Å². The Kier molecular flexibility index (Phi) is 10.9. The molecule has 3 aromatic carbocycles. The first-order chi connectivity index (χ1) is 23.3. The average Bonchev–Trinajstić information content (AvgIpc) is 3.07. The van der Waals surface area contributed by atoms with Gasteiger partial charge in [0.15, 0.2) is 13.5 Å². The summed E-state index contributed by atoms with van der Waals surface area (Å²) in [6.45, 7) is 1.51. The van der Waals surface area contributed by atoms with Gasteiger partial charge in [-0.25, -0.2) is 14.4 Å². The Labute approximate surface area is 277 Å². The number of carbonyl (C=O) groups excluding carboxylic acids is 4. The number of carboxylic acid groups (broad SMARTS) is 2. The zero-order chi connectivity index (χ0) is 35.8. The summed E-state index contributed by atoms with van der Waals surface area (Å²) in [5.41, 5.74) is -1.05. The summed E-state index contributed by atoms with van der Waals surface area (Å²) in [4.78, 5) is 90.7. The van der Waals surface area contributed by atoms with E-state index < -0.39 is 65.9 Å². The molecule has 1 aliphatic rings. The molecule has 4 rings (SSSR count). The number of nitro benzene ring substituents is 1. The number of hydrogen-bond acceptors (Lipinski definition) is 11. The summed E-state index contributed by atoms with van der Waals surface area (Å²) in [6, 6.07) is 16.0. The highest BCUT2D eigenvalue weighted by Crippen LogP contribution is 2.41.